The highest BCUT2D eigenvalue weighted by Crippen LogP contribution is 2.35. The zero-order valence-corrected chi connectivity index (χ0v) is 18.8. The van der Waals surface area contributed by atoms with Gasteiger partial charge in [0, 0.05) is 18.8 Å². The molecule has 33 heavy (non-hydrogen) atoms. The van der Waals surface area contributed by atoms with Gasteiger partial charge in [0.2, 0.25) is 5.28 Å². The van der Waals surface area contributed by atoms with E-state index in [0.717, 1.165) is 18.4 Å². The molecule has 5 rings (SSSR count). The predicted octanol–water partition coefficient (Wildman–Crippen LogP) is 3.47. The van der Waals surface area contributed by atoms with E-state index >= 15 is 0 Å². The molecule has 2 N–H and O–H groups in total. The van der Waals surface area contributed by atoms with Crippen molar-refractivity contribution in [2.24, 2.45) is 5.92 Å². The highest BCUT2D eigenvalue weighted by atomic mass is 35.5. The van der Waals surface area contributed by atoms with Crippen LogP contribution in [0.25, 0.3) is 11.2 Å². The van der Waals surface area contributed by atoms with Gasteiger partial charge in [0.15, 0.2) is 17.3 Å². The van der Waals surface area contributed by atoms with Gasteiger partial charge in [-0.1, -0.05) is 0 Å². The lowest BCUT2D eigenvalue weighted by Gasteiger charge is -2.15. The Bertz CT molecular complexity index is 1330. The Hall–Kier alpha value is -3.79. The number of nitrogens with zero attached hydrogens (tertiary/aromatic N) is 5. The van der Waals surface area contributed by atoms with Crippen LogP contribution in [-0.2, 0) is 0 Å². The van der Waals surface area contributed by atoms with Crippen LogP contribution >= 0.6 is 11.6 Å². The number of nitrogens with one attached hydrogen (secondary N) is 2. The lowest BCUT2D eigenvalue weighted by atomic mass is 10.1. The first-order valence-electron chi connectivity index (χ1n) is 10.4. The minimum atomic E-state index is -0.205. The van der Waals surface area contributed by atoms with Gasteiger partial charge >= 0.3 is 0 Å². The smallest absolute Gasteiger partial charge is 0.255 e. The van der Waals surface area contributed by atoms with Gasteiger partial charge in [0.05, 0.1) is 31.7 Å². The van der Waals surface area contributed by atoms with Crippen LogP contribution in [0.1, 0.15) is 23.2 Å². The Morgan fingerprint density at radius 2 is 2.12 bits per heavy atom. The molecule has 4 aromatic rings. The summed E-state index contributed by atoms with van der Waals surface area (Å²) in [6.07, 6.45) is 7.50. The number of hydrogen-bond acceptors (Lipinski definition) is 7. The topological polar surface area (TPSA) is 108 Å². The molecule has 1 aromatic carbocycles. The molecule has 0 unspecified atom stereocenters. The summed E-state index contributed by atoms with van der Waals surface area (Å²) in [7, 11) is 3.06. The fourth-order valence-electron chi connectivity index (χ4n) is 3.57. The number of amides is 1. The summed E-state index contributed by atoms with van der Waals surface area (Å²) in [6, 6.07) is 7.26. The molecule has 3 heterocycles. The van der Waals surface area contributed by atoms with E-state index in [-0.39, 0.29) is 11.2 Å². The SMILES string of the molecule is COc1cc(-n2cnc(Nc3nc(Cl)nn4cccc34)c2)cc(C(=O)NCC2CC2)c1OC. The molecule has 0 radical (unpaired) electrons. The van der Waals surface area contributed by atoms with Crippen LogP contribution in [0.2, 0.25) is 5.28 Å². The maximum Gasteiger partial charge on any atom is 0.255 e. The number of hydrogen-bond donors (Lipinski definition) is 2. The molecule has 3 aromatic heterocycles. The molecule has 170 valence electrons. The van der Waals surface area contributed by atoms with Crippen LogP contribution in [0, 0.1) is 5.92 Å². The molecule has 11 heteroatoms. The van der Waals surface area contributed by atoms with Gasteiger partial charge in [-0.3, -0.25) is 4.79 Å². The predicted molar refractivity (Wildman–Crippen MR) is 123 cm³/mol. The van der Waals surface area contributed by atoms with Crippen molar-refractivity contribution in [2.75, 3.05) is 26.1 Å². The molecule has 0 aliphatic heterocycles. The summed E-state index contributed by atoms with van der Waals surface area (Å²) in [5, 5.41) is 10.4. The number of methoxy groups -OCH3 is 2. The third-order valence-electron chi connectivity index (χ3n) is 5.45. The molecule has 1 aliphatic carbocycles. The number of ether oxygens (including phenoxy) is 2. The minimum Gasteiger partial charge on any atom is -0.493 e. The van der Waals surface area contributed by atoms with Gasteiger partial charge in [-0.25, -0.2) is 9.50 Å². The van der Waals surface area contributed by atoms with Gasteiger partial charge in [-0.05, 0) is 48.6 Å². The fourth-order valence-corrected chi connectivity index (χ4v) is 3.74. The molecule has 0 spiro atoms. The second-order valence-corrected chi connectivity index (χ2v) is 8.08. The van der Waals surface area contributed by atoms with E-state index < -0.39 is 0 Å². The summed E-state index contributed by atoms with van der Waals surface area (Å²) >= 11 is 6.03. The van der Waals surface area contributed by atoms with Gasteiger partial charge in [0.25, 0.3) is 5.91 Å². The molecular formula is C22H22ClN7O3. The zero-order chi connectivity index (χ0) is 22.9. The van der Waals surface area contributed by atoms with Gasteiger partial charge < -0.3 is 24.7 Å². The highest BCUT2D eigenvalue weighted by Gasteiger charge is 2.24. The third kappa shape index (κ3) is 4.29. The number of carbonyl (C=O) groups is 1. The van der Waals surface area contributed by atoms with E-state index in [1.807, 2.05) is 12.1 Å². The number of carbonyl (C=O) groups excluding carboxylic acids is 1. The van der Waals surface area contributed by atoms with Gasteiger partial charge in [-0.2, -0.15) is 4.98 Å². The highest BCUT2D eigenvalue weighted by molar-refractivity contribution is 6.28. The average molecular weight is 468 g/mol. The van der Waals surface area contributed by atoms with E-state index in [0.29, 0.717) is 46.8 Å². The van der Waals surface area contributed by atoms with Crippen molar-refractivity contribution in [1.82, 2.24) is 29.5 Å². The van der Waals surface area contributed by atoms with Crippen molar-refractivity contribution in [2.45, 2.75) is 12.8 Å². The number of anilines is 2. The minimum absolute atomic E-state index is 0.113. The van der Waals surface area contributed by atoms with Crippen LogP contribution < -0.4 is 20.1 Å². The van der Waals surface area contributed by atoms with E-state index in [2.05, 4.69) is 25.7 Å². The first-order valence-corrected chi connectivity index (χ1v) is 10.8. The normalized spacial score (nSPS) is 13.2. The van der Waals surface area contributed by atoms with E-state index in [1.165, 1.54) is 14.2 Å². The monoisotopic (exact) mass is 467 g/mol. The van der Waals surface area contributed by atoms with Crippen molar-refractivity contribution >= 4 is 34.7 Å². The standard InChI is InChI=1S/C22H22ClN7O3/c1-32-17-9-14(8-15(19(17)33-2)21(31)24-10-13-5-6-13)29-11-18(25-12-29)26-20-16-4-3-7-30(16)28-22(23)27-20/h3-4,7-9,11-13H,5-6,10H2,1-2H3,(H,24,31)(H,26,27,28). The van der Waals surface area contributed by atoms with Crippen molar-refractivity contribution in [1.29, 1.82) is 0 Å². The first-order chi connectivity index (χ1) is 16.1. The molecule has 0 atom stereocenters. The molecular weight excluding hydrogens is 446 g/mol. The molecule has 0 bridgehead atoms. The van der Waals surface area contributed by atoms with Crippen LogP contribution in [0.3, 0.4) is 0 Å². The lowest BCUT2D eigenvalue weighted by molar-refractivity contribution is 0.0948. The Kier molecular flexibility index (Phi) is 5.51. The molecule has 1 aliphatic rings. The third-order valence-corrected chi connectivity index (χ3v) is 5.61. The average Bonchev–Trinajstić information content (AvgIpc) is 3.32. The number of rotatable bonds is 8. The number of fused-ring (bicyclic) bond motifs is 1. The summed E-state index contributed by atoms with van der Waals surface area (Å²) in [5.74, 6) is 2.27. The van der Waals surface area contributed by atoms with Crippen LogP contribution in [-0.4, -0.2) is 50.8 Å². The summed E-state index contributed by atoms with van der Waals surface area (Å²) in [6.45, 7) is 0.656. The van der Waals surface area contributed by atoms with Gasteiger partial charge in [0.1, 0.15) is 17.7 Å². The zero-order valence-electron chi connectivity index (χ0n) is 18.1. The molecule has 1 fully saturated rings. The largest absolute Gasteiger partial charge is 0.493 e. The molecule has 0 saturated heterocycles. The van der Waals surface area contributed by atoms with Crippen molar-refractivity contribution in [3.63, 3.8) is 0 Å². The Labute approximate surface area is 194 Å². The van der Waals surface area contributed by atoms with Crippen molar-refractivity contribution in [3.8, 4) is 17.2 Å². The molecule has 1 amide bonds. The second-order valence-electron chi connectivity index (χ2n) is 7.74. The fraction of sp³-hybridized carbons (Fsp3) is 0.273. The summed E-state index contributed by atoms with van der Waals surface area (Å²) in [4.78, 5) is 21.5. The van der Waals surface area contributed by atoms with Crippen LogP contribution in [0.15, 0.2) is 43.0 Å². The van der Waals surface area contributed by atoms with E-state index in [4.69, 9.17) is 21.1 Å². The lowest BCUT2D eigenvalue weighted by Crippen LogP contribution is -2.26. The molecule has 10 nitrogen and oxygen atoms in total. The van der Waals surface area contributed by atoms with Gasteiger partial charge in [-0.15, -0.1) is 5.10 Å². The quantitative estimate of drug-likeness (QED) is 0.408. The Balaban J connectivity index is 1.46. The summed E-state index contributed by atoms with van der Waals surface area (Å²) < 4.78 is 14.4. The first kappa shape index (κ1) is 21.1. The summed E-state index contributed by atoms with van der Waals surface area (Å²) in [5.41, 5.74) is 1.85. The van der Waals surface area contributed by atoms with Crippen LogP contribution in [0.5, 0.6) is 11.5 Å². The Morgan fingerprint density at radius 3 is 2.88 bits per heavy atom. The van der Waals surface area contributed by atoms with Crippen LogP contribution in [0.4, 0.5) is 11.6 Å². The van der Waals surface area contributed by atoms with E-state index in [1.54, 1.807) is 39.9 Å². The number of benzene rings is 1. The maximum absolute atomic E-state index is 12.9. The Morgan fingerprint density at radius 1 is 1.27 bits per heavy atom. The second kappa shape index (κ2) is 8.62. The van der Waals surface area contributed by atoms with Crippen molar-refractivity contribution < 1.29 is 14.3 Å². The number of halogens is 1. The van der Waals surface area contributed by atoms with E-state index in [9.17, 15) is 4.79 Å². The maximum atomic E-state index is 12.9. The number of imidazole rings is 1. The van der Waals surface area contributed by atoms with Crippen molar-refractivity contribution in [3.05, 3.63) is 53.8 Å². The number of aromatic nitrogens is 5. The molecule has 1 saturated carbocycles.